The molecular weight excluding hydrogens is 278 g/mol. The molecule has 7 heteroatoms. The molecule has 0 aromatic heterocycles. The summed E-state index contributed by atoms with van der Waals surface area (Å²) in [6, 6.07) is 0.0644. The minimum absolute atomic E-state index is 0.0644. The van der Waals surface area contributed by atoms with E-state index >= 15 is 0 Å². The van der Waals surface area contributed by atoms with E-state index in [1.807, 2.05) is 0 Å². The number of piperazine rings is 1. The highest BCUT2D eigenvalue weighted by Gasteiger charge is 2.46. The summed E-state index contributed by atoms with van der Waals surface area (Å²) in [5.74, 6) is -0.232. The van der Waals surface area contributed by atoms with Crippen LogP contribution in [0.1, 0.15) is 46.0 Å². The van der Waals surface area contributed by atoms with E-state index in [0.717, 1.165) is 25.7 Å². The van der Waals surface area contributed by atoms with Crippen molar-refractivity contribution >= 4 is 16.1 Å². The molecule has 2 fully saturated rings. The standard InChI is InChI=1S/C13H25N3O3S/c1-13(2)12(17)14-9-10-16(13)20(18,19)15(3)11-7-5-4-6-8-11/h11H,4-10H2,1-3H3,(H,14,17). The van der Waals surface area contributed by atoms with Crippen molar-refractivity contribution in [2.75, 3.05) is 20.1 Å². The molecule has 0 bridgehead atoms. The predicted molar refractivity (Wildman–Crippen MR) is 77.4 cm³/mol. The van der Waals surface area contributed by atoms with Gasteiger partial charge in [0.1, 0.15) is 5.54 Å². The van der Waals surface area contributed by atoms with Crippen molar-refractivity contribution in [1.29, 1.82) is 0 Å². The van der Waals surface area contributed by atoms with Crippen LogP contribution >= 0.6 is 0 Å². The number of carbonyl (C=O) groups is 1. The van der Waals surface area contributed by atoms with Crippen molar-refractivity contribution < 1.29 is 13.2 Å². The molecule has 0 aromatic rings. The lowest BCUT2D eigenvalue weighted by molar-refractivity contribution is -0.131. The van der Waals surface area contributed by atoms with Crippen LogP contribution in [0.3, 0.4) is 0 Å². The van der Waals surface area contributed by atoms with E-state index in [2.05, 4.69) is 5.32 Å². The van der Waals surface area contributed by atoms with Crippen LogP contribution in [0, 0.1) is 0 Å². The monoisotopic (exact) mass is 303 g/mol. The first-order valence-corrected chi connectivity index (χ1v) is 8.71. The molecule has 2 rings (SSSR count). The van der Waals surface area contributed by atoms with Crippen LogP contribution in [0.4, 0.5) is 0 Å². The summed E-state index contributed by atoms with van der Waals surface area (Å²) in [6.45, 7) is 4.03. The van der Waals surface area contributed by atoms with Gasteiger partial charge in [-0.1, -0.05) is 19.3 Å². The Balaban J connectivity index is 2.22. The fraction of sp³-hybridized carbons (Fsp3) is 0.923. The zero-order valence-corrected chi connectivity index (χ0v) is 13.4. The Labute approximate surface area is 121 Å². The zero-order chi connectivity index (χ0) is 15.0. The van der Waals surface area contributed by atoms with Crippen molar-refractivity contribution in [3.8, 4) is 0 Å². The van der Waals surface area contributed by atoms with E-state index < -0.39 is 15.7 Å². The van der Waals surface area contributed by atoms with Gasteiger partial charge in [-0.15, -0.1) is 0 Å². The summed E-state index contributed by atoms with van der Waals surface area (Å²) in [5, 5.41) is 2.73. The highest BCUT2D eigenvalue weighted by atomic mass is 32.2. The number of carbonyl (C=O) groups excluding carboxylic acids is 1. The fourth-order valence-electron chi connectivity index (χ4n) is 3.07. The van der Waals surface area contributed by atoms with E-state index in [1.165, 1.54) is 15.0 Å². The lowest BCUT2D eigenvalue weighted by Crippen LogP contribution is -2.65. The van der Waals surface area contributed by atoms with Crippen molar-refractivity contribution in [3.63, 3.8) is 0 Å². The quantitative estimate of drug-likeness (QED) is 0.834. The van der Waals surface area contributed by atoms with E-state index in [1.54, 1.807) is 20.9 Å². The maximum absolute atomic E-state index is 12.8. The number of rotatable bonds is 3. The Morgan fingerprint density at radius 1 is 1.25 bits per heavy atom. The molecule has 20 heavy (non-hydrogen) atoms. The van der Waals surface area contributed by atoms with Gasteiger partial charge in [0.15, 0.2) is 0 Å². The average Bonchev–Trinajstić information content (AvgIpc) is 2.41. The zero-order valence-electron chi connectivity index (χ0n) is 12.6. The molecule has 0 radical (unpaired) electrons. The number of nitrogens with one attached hydrogen (secondary N) is 1. The first-order chi connectivity index (χ1) is 9.28. The number of hydrogen-bond acceptors (Lipinski definition) is 3. The second-order valence-corrected chi connectivity index (χ2v) is 8.12. The molecule has 1 heterocycles. The molecule has 1 aliphatic heterocycles. The van der Waals surface area contributed by atoms with Crippen LogP contribution in [0.15, 0.2) is 0 Å². The van der Waals surface area contributed by atoms with Gasteiger partial charge in [-0.3, -0.25) is 4.79 Å². The Morgan fingerprint density at radius 3 is 2.45 bits per heavy atom. The molecule has 116 valence electrons. The molecule has 0 spiro atoms. The molecule has 1 N–H and O–H groups in total. The summed E-state index contributed by atoms with van der Waals surface area (Å²) < 4.78 is 28.5. The third kappa shape index (κ3) is 2.71. The van der Waals surface area contributed by atoms with Crippen LogP contribution in [-0.2, 0) is 15.0 Å². The minimum atomic E-state index is -3.60. The Bertz CT molecular complexity index is 469. The number of nitrogens with zero attached hydrogens (tertiary/aromatic N) is 2. The van der Waals surface area contributed by atoms with Gasteiger partial charge in [0.25, 0.3) is 10.2 Å². The molecule has 0 atom stereocenters. The van der Waals surface area contributed by atoms with Crippen LogP contribution in [0.2, 0.25) is 0 Å². The lowest BCUT2D eigenvalue weighted by Gasteiger charge is -2.43. The predicted octanol–water partition coefficient (Wildman–Crippen LogP) is 0.706. The molecule has 2 aliphatic rings. The number of hydrogen-bond donors (Lipinski definition) is 1. The van der Waals surface area contributed by atoms with Gasteiger partial charge < -0.3 is 5.32 Å². The average molecular weight is 303 g/mol. The Morgan fingerprint density at radius 2 is 1.85 bits per heavy atom. The molecule has 0 unspecified atom stereocenters. The normalized spacial score (nSPS) is 25.7. The van der Waals surface area contributed by atoms with Crippen molar-refractivity contribution in [3.05, 3.63) is 0 Å². The molecule has 1 saturated carbocycles. The molecule has 1 saturated heterocycles. The summed E-state index contributed by atoms with van der Waals surface area (Å²) in [4.78, 5) is 11.9. The van der Waals surface area contributed by atoms with Gasteiger partial charge in [0, 0.05) is 26.2 Å². The summed E-state index contributed by atoms with van der Waals surface area (Å²) in [7, 11) is -1.95. The maximum atomic E-state index is 12.8. The molecule has 6 nitrogen and oxygen atoms in total. The molecular formula is C13H25N3O3S. The fourth-order valence-corrected chi connectivity index (χ4v) is 4.95. The number of amides is 1. The van der Waals surface area contributed by atoms with Gasteiger partial charge in [0.2, 0.25) is 5.91 Å². The summed E-state index contributed by atoms with van der Waals surface area (Å²) >= 11 is 0. The van der Waals surface area contributed by atoms with Gasteiger partial charge in [0.05, 0.1) is 0 Å². The van der Waals surface area contributed by atoms with E-state index in [-0.39, 0.29) is 11.9 Å². The van der Waals surface area contributed by atoms with Crippen LogP contribution in [-0.4, -0.2) is 54.7 Å². The van der Waals surface area contributed by atoms with E-state index in [0.29, 0.717) is 13.1 Å². The van der Waals surface area contributed by atoms with Gasteiger partial charge >= 0.3 is 0 Å². The maximum Gasteiger partial charge on any atom is 0.283 e. The molecule has 0 aromatic carbocycles. The minimum Gasteiger partial charge on any atom is -0.353 e. The van der Waals surface area contributed by atoms with Crippen molar-refractivity contribution in [2.45, 2.75) is 57.5 Å². The van der Waals surface area contributed by atoms with Gasteiger partial charge in [-0.25, -0.2) is 0 Å². The SMILES string of the molecule is CN(C1CCCCC1)S(=O)(=O)N1CCNC(=O)C1(C)C. The highest BCUT2D eigenvalue weighted by molar-refractivity contribution is 7.86. The van der Waals surface area contributed by atoms with Crippen LogP contribution < -0.4 is 5.32 Å². The first kappa shape index (κ1) is 15.7. The van der Waals surface area contributed by atoms with E-state index in [4.69, 9.17) is 0 Å². The molecule has 1 aliphatic carbocycles. The van der Waals surface area contributed by atoms with Crippen molar-refractivity contribution in [2.24, 2.45) is 0 Å². The largest absolute Gasteiger partial charge is 0.353 e. The lowest BCUT2D eigenvalue weighted by atomic mass is 9.96. The topological polar surface area (TPSA) is 69.7 Å². The summed E-state index contributed by atoms with van der Waals surface area (Å²) in [5.41, 5.74) is -1.03. The van der Waals surface area contributed by atoms with E-state index in [9.17, 15) is 13.2 Å². The van der Waals surface area contributed by atoms with Gasteiger partial charge in [-0.2, -0.15) is 17.0 Å². The Kier molecular flexibility index (Phi) is 4.41. The highest BCUT2D eigenvalue weighted by Crippen LogP contribution is 2.28. The van der Waals surface area contributed by atoms with Crippen molar-refractivity contribution in [1.82, 2.24) is 13.9 Å². The first-order valence-electron chi connectivity index (χ1n) is 7.32. The van der Waals surface area contributed by atoms with Crippen LogP contribution in [0.5, 0.6) is 0 Å². The van der Waals surface area contributed by atoms with Gasteiger partial charge in [-0.05, 0) is 26.7 Å². The Hall–Kier alpha value is -0.660. The second-order valence-electron chi connectivity index (χ2n) is 6.20. The van der Waals surface area contributed by atoms with Crippen LogP contribution in [0.25, 0.3) is 0 Å². The smallest absolute Gasteiger partial charge is 0.283 e. The summed E-state index contributed by atoms with van der Waals surface area (Å²) in [6.07, 6.45) is 5.16. The molecule has 1 amide bonds. The third-order valence-electron chi connectivity index (χ3n) is 4.51. The third-order valence-corrected chi connectivity index (χ3v) is 6.73. The second kappa shape index (κ2) is 5.61.